The molecule has 4 nitrogen and oxygen atoms in total. The van der Waals surface area contributed by atoms with Crippen LogP contribution >= 0.6 is 0 Å². The molecule has 1 atom stereocenters. The lowest BCUT2D eigenvalue weighted by atomic mass is 10.0. The number of hydrogen-bond acceptors (Lipinski definition) is 3. The summed E-state index contributed by atoms with van der Waals surface area (Å²) >= 11 is 0. The average Bonchev–Trinajstić information content (AvgIpc) is 2.42. The van der Waals surface area contributed by atoms with Gasteiger partial charge in [-0.2, -0.15) is 5.10 Å². The van der Waals surface area contributed by atoms with Gasteiger partial charge in [0.15, 0.2) is 0 Å². The lowest BCUT2D eigenvalue weighted by Crippen LogP contribution is -2.35. The van der Waals surface area contributed by atoms with Crippen molar-refractivity contribution in [1.29, 1.82) is 0 Å². The largest absolute Gasteiger partial charge is 0.327 e. The number of nitrogens with two attached hydrogens (primary N) is 1. The fraction of sp³-hybridized carbons (Fsp3) is 0.769. The number of aromatic nitrogens is 2. The van der Waals surface area contributed by atoms with Crippen LogP contribution in [0.5, 0.6) is 0 Å². The summed E-state index contributed by atoms with van der Waals surface area (Å²) in [5.74, 6) is 0.665. The second-order valence-corrected chi connectivity index (χ2v) is 5.50. The minimum absolute atomic E-state index is 0.261. The van der Waals surface area contributed by atoms with Crippen LogP contribution in [0.15, 0.2) is 6.20 Å². The Morgan fingerprint density at radius 3 is 2.59 bits per heavy atom. The highest BCUT2D eigenvalue weighted by atomic mass is 15.3. The van der Waals surface area contributed by atoms with Crippen LogP contribution in [-0.4, -0.2) is 34.3 Å². The lowest BCUT2D eigenvalue weighted by molar-refractivity contribution is 0.286. The number of nitrogens with zero attached hydrogens (tertiary/aromatic N) is 3. The zero-order chi connectivity index (χ0) is 13.0. The zero-order valence-corrected chi connectivity index (χ0v) is 11.8. The van der Waals surface area contributed by atoms with E-state index in [-0.39, 0.29) is 6.04 Å². The van der Waals surface area contributed by atoms with Gasteiger partial charge in [-0.05, 0) is 26.3 Å². The highest BCUT2D eigenvalue weighted by Crippen LogP contribution is 2.09. The Labute approximate surface area is 105 Å². The van der Waals surface area contributed by atoms with Gasteiger partial charge in [-0.3, -0.25) is 4.68 Å². The first-order valence-electron chi connectivity index (χ1n) is 6.31. The molecule has 0 spiro atoms. The number of hydrogen-bond donors (Lipinski definition) is 1. The third kappa shape index (κ3) is 4.88. The normalized spacial score (nSPS) is 13.6. The smallest absolute Gasteiger partial charge is 0.0638 e. The molecule has 4 heteroatoms. The van der Waals surface area contributed by atoms with Gasteiger partial charge in [-0.1, -0.05) is 13.8 Å². The SMILES string of the molecule is Cc1nn(C)cc1CN(C)C[C@H](N)CC(C)C. The van der Waals surface area contributed by atoms with E-state index >= 15 is 0 Å². The van der Waals surface area contributed by atoms with Gasteiger partial charge in [0, 0.05) is 37.9 Å². The van der Waals surface area contributed by atoms with E-state index in [1.165, 1.54) is 5.56 Å². The average molecular weight is 238 g/mol. The van der Waals surface area contributed by atoms with Crippen molar-refractivity contribution in [3.05, 3.63) is 17.5 Å². The van der Waals surface area contributed by atoms with E-state index in [4.69, 9.17) is 5.73 Å². The van der Waals surface area contributed by atoms with Crippen LogP contribution in [0.2, 0.25) is 0 Å². The second-order valence-electron chi connectivity index (χ2n) is 5.50. The van der Waals surface area contributed by atoms with E-state index in [0.717, 1.165) is 25.2 Å². The van der Waals surface area contributed by atoms with E-state index < -0.39 is 0 Å². The van der Waals surface area contributed by atoms with Crippen molar-refractivity contribution in [3.63, 3.8) is 0 Å². The topological polar surface area (TPSA) is 47.1 Å². The standard InChI is InChI=1S/C13H26N4/c1-10(2)6-13(14)9-16(4)7-12-8-17(5)15-11(12)3/h8,10,13H,6-7,9,14H2,1-5H3/t13-/m1/s1. The molecule has 1 aromatic rings. The maximum Gasteiger partial charge on any atom is 0.0638 e. The van der Waals surface area contributed by atoms with Gasteiger partial charge in [0.2, 0.25) is 0 Å². The molecule has 0 aliphatic rings. The van der Waals surface area contributed by atoms with Crippen LogP contribution in [0.4, 0.5) is 0 Å². The van der Waals surface area contributed by atoms with Crippen molar-refractivity contribution < 1.29 is 0 Å². The summed E-state index contributed by atoms with van der Waals surface area (Å²) in [6.45, 7) is 8.34. The zero-order valence-electron chi connectivity index (χ0n) is 11.8. The number of aryl methyl sites for hydroxylation is 2. The van der Waals surface area contributed by atoms with Gasteiger partial charge >= 0.3 is 0 Å². The Hall–Kier alpha value is -0.870. The minimum Gasteiger partial charge on any atom is -0.327 e. The Morgan fingerprint density at radius 1 is 1.47 bits per heavy atom. The van der Waals surface area contributed by atoms with E-state index in [2.05, 4.69) is 44.0 Å². The molecule has 0 unspecified atom stereocenters. The van der Waals surface area contributed by atoms with E-state index in [9.17, 15) is 0 Å². The molecule has 0 saturated carbocycles. The third-order valence-electron chi connectivity index (χ3n) is 2.88. The van der Waals surface area contributed by atoms with E-state index in [1.807, 2.05) is 11.7 Å². The molecular formula is C13H26N4. The Balaban J connectivity index is 2.44. The van der Waals surface area contributed by atoms with Crippen LogP contribution in [0.1, 0.15) is 31.5 Å². The molecule has 0 aliphatic carbocycles. The summed E-state index contributed by atoms with van der Waals surface area (Å²) in [6.07, 6.45) is 3.16. The number of rotatable bonds is 6. The predicted molar refractivity (Wildman–Crippen MR) is 71.7 cm³/mol. The monoisotopic (exact) mass is 238 g/mol. The molecule has 1 rings (SSSR count). The highest BCUT2D eigenvalue weighted by molar-refractivity contribution is 5.14. The maximum atomic E-state index is 6.11. The van der Waals surface area contributed by atoms with Crippen LogP contribution < -0.4 is 5.73 Å². The van der Waals surface area contributed by atoms with Crippen molar-refractivity contribution in [2.45, 2.75) is 39.8 Å². The molecule has 0 bridgehead atoms. The first kappa shape index (κ1) is 14.2. The summed E-state index contributed by atoms with van der Waals surface area (Å²) in [4.78, 5) is 2.27. The highest BCUT2D eigenvalue weighted by Gasteiger charge is 2.11. The summed E-state index contributed by atoms with van der Waals surface area (Å²) < 4.78 is 1.87. The lowest BCUT2D eigenvalue weighted by Gasteiger charge is -2.22. The van der Waals surface area contributed by atoms with Crippen molar-refractivity contribution in [1.82, 2.24) is 14.7 Å². The number of likely N-dealkylation sites (N-methyl/N-ethyl adjacent to an activating group) is 1. The van der Waals surface area contributed by atoms with Crippen LogP contribution in [0, 0.1) is 12.8 Å². The van der Waals surface area contributed by atoms with E-state index in [0.29, 0.717) is 5.92 Å². The van der Waals surface area contributed by atoms with Gasteiger partial charge in [0.25, 0.3) is 0 Å². The molecule has 0 radical (unpaired) electrons. The fourth-order valence-electron chi connectivity index (χ4n) is 2.24. The molecule has 1 aromatic heterocycles. The maximum absolute atomic E-state index is 6.11. The van der Waals surface area contributed by atoms with Crippen LogP contribution in [0.25, 0.3) is 0 Å². The minimum atomic E-state index is 0.261. The first-order chi connectivity index (χ1) is 7.88. The molecule has 0 amide bonds. The molecular weight excluding hydrogens is 212 g/mol. The molecule has 0 fully saturated rings. The van der Waals surface area contributed by atoms with Crippen molar-refractivity contribution in [3.8, 4) is 0 Å². The molecule has 17 heavy (non-hydrogen) atoms. The summed E-state index contributed by atoms with van der Waals surface area (Å²) in [5.41, 5.74) is 8.50. The quantitative estimate of drug-likeness (QED) is 0.817. The molecule has 0 aromatic carbocycles. The van der Waals surface area contributed by atoms with Crippen LogP contribution in [0.3, 0.4) is 0 Å². The molecule has 0 aliphatic heterocycles. The molecule has 98 valence electrons. The van der Waals surface area contributed by atoms with Gasteiger partial charge < -0.3 is 10.6 Å². The van der Waals surface area contributed by atoms with Gasteiger partial charge in [0.1, 0.15) is 0 Å². The molecule has 2 N–H and O–H groups in total. The summed E-state index contributed by atoms with van der Waals surface area (Å²) in [5, 5.41) is 4.35. The third-order valence-corrected chi connectivity index (χ3v) is 2.88. The van der Waals surface area contributed by atoms with Gasteiger partial charge in [-0.15, -0.1) is 0 Å². The van der Waals surface area contributed by atoms with Crippen molar-refractivity contribution in [2.24, 2.45) is 18.7 Å². The predicted octanol–water partition coefficient (Wildman–Crippen LogP) is 1.53. The fourth-order valence-corrected chi connectivity index (χ4v) is 2.24. The Morgan fingerprint density at radius 2 is 2.12 bits per heavy atom. The van der Waals surface area contributed by atoms with E-state index in [1.54, 1.807) is 0 Å². The van der Waals surface area contributed by atoms with Gasteiger partial charge in [-0.25, -0.2) is 0 Å². The van der Waals surface area contributed by atoms with Crippen LogP contribution in [-0.2, 0) is 13.6 Å². The first-order valence-corrected chi connectivity index (χ1v) is 6.31. The second kappa shape index (κ2) is 6.17. The van der Waals surface area contributed by atoms with Gasteiger partial charge in [0.05, 0.1) is 5.69 Å². The molecule has 1 heterocycles. The van der Waals surface area contributed by atoms with Crippen molar-refractivity contribution >= 4 is 0 Å². The van der Waals surface area contributed by atoms with Crippen molar-refractivity contribution in [2.75, 3.05) is 13.6 Å². The Bertz CT molecular complexity index is 343. The summed E-state index contributed by atoms with van der Waals surface area (Å²) in [6, 6.07) is 0.261. The Kier molecular flexibility index (Phi) is 5.15. The summed E-state index contributed by atoms with van der Waals surface area (Å²) in [7, 11) is 4.08. The molecule has 0 saturated heterocycles.